The number of piperidine rings is 1. The van der Waals surface area contributed by atoms with Gasteiger partial charge in [-0.05, 0) is 30.3 Å². The first-order valence-corrected chi connectivity index (χ1v) is 9.38. The fourth-order valence-electron chi connectivity index (χ4n) is 3.17. The van der Waals surface area contributed by atoms with E-state index in [2.05, 4.69) is 10.3 Å². The molecular weight excluding hydrogens is 372 g/mol. The third-order valence-corrected chi connectivity index (χ3v) is 5.13. The second-order valence-corrected chi connectivity index (χ2v) is 7.23. The lowest BCUT2D eigenvalue weighted by Gasteiger charge is -2.36. The Kier molecular flexibility index (Phi) is 6.39. The predicted molar refractivity (Wildman–Crippen MR) is 101 cm³/mol. The van der Waals surface area contributed by atoms with Crippen LogP contribution in [0.4, 0.5) is 8.78 Å². The van der Waals surface area contributed by atoms with Crippen molar-refractivity contribution >= 4 is 17.5 Å². The molecule has 1 aliphatic heterocycles. The van der Waals surface area contributed by atoms with Crippen molar-refractivity contribution in [1.82, 2.24) is 15.2 Å². The summed E-state index contributed by atoms with van der Waals surface area (Å²) in [6.45, 7) is 1.56. The minimum absolute atomic E-state index is 0.0881. The van der Waals surface area contributed by atoms with Gasteiger partial charge in [0.2, 0.25) is 0 Å². The predicted octanol–water partition coefficient (Wildman–Crippen LogP) is 3.65. The molecule has 1 aromatic carbocycles. The van der Waals surface area contributed by atoms with Crippen LogP contribution in [0.1, 0.15) is 28.9 Å². The lowest BCUT2D eigenvalue weighted by atomic mass is 9.92. The Bertz CT molecular complexity index is 780. The van der Waals surface area contributed by atoms with E-state index in [1.54, 1.807) is 11.1 Å². The van der Waals surface area contributed by atoms with Gasteiger partial charge in [-0.15, -0.1) is 0 Å². The molecule has 2 heterocycles. The second-order valence-electron chi connectivity index (χ2n) is 6.82. The summed E-state index contributed by atoms with van der Waals surface area (Å²) in [7, 11) is 0. The van der Waals surface area contributed by atoms with Crippen molar-refractivity contribution < 1.29 is 13.6 Å². The highest BCUT2D eigenvalue weighted by molar-refractivity contribution is 6.31. The molecule has 7 heteroatoms. The molecule has 0 radical (unpaired) electrons. The highest BCUT2D eigenvalue weighted by Gasteiger charge is 2.35. The molecule has 1 amide bonds. The van der Waals surface area contributed by atoms with Gasteiger partial charge in [-0.1, -0.05) is 17.7 Å². The number of nitrogens with one attached hydrogen (secondary N) is 1. The monoisotopic (exact) mass is 393 g/mol. The van der Waals surface area contributed by atoms with Crippen LogP contribution in [0.2, 0.25) is 5.02 Å². The fraction of sp³-hybridized carbons (Fsp3) is 0.400. The van der Waals surface area contributed by atoms with Gasteiger partial charge in [-0.3, -0.25) is 9.78 Å². The summed E-state index contributed by atoms with van der Waals surface area (Å²) < 4.78 is 28.2. The Morgan fingerprint density at radius 1 is 1.26 bits per heavy atom. The van der Waals surface area contributed by atoms with Crippen LogP contribution in [0, 0.1) is 5.82 Å². The summed E-state index contributed by atoms with van der Waals surface area (Å²) >= 11 is 5.74. The minimum Gasteiger partial charge on any atom is -0.338 e. The number of nitrogens with zero attached hydrogens (tertiary/aromatic N) is 2. The number of halogens is 3. The highest BCUT2D eigenvalue weighted by Crippen LogP contribution is 2.27. The lowest BCUT2D eigenvalue weighted by molar-refractivity contribution is 0.0436. The molecule has 0 spiro atoms. The quantitative estimate of drug-likeness (QED) is 0.762. The number of amides is 1. The molecule has 2 aromatic rings. The van der Waals surface area contributed by atoms with E-state index in [0.717, 1.165) is 12.1 Å². The Morgan fingerprint density at radius 2 is 2.04 bits per heavy atom. The summed E-state index contributed by atoms with van der Waals surface area (Å²) in [5.74, 6) is -0.812. The van der Waals surface area contributed by atoms with Gasteiger partial charge in [-0.2, -0.15) is 0 Å². The van der Waals surface area contributed by atoms with Crippen molar-refractivity contribution in [1.29, 1.82) is 0 Å². The standard InChI is InChI=1S/C20H22ClF2N3O/c21-17-13-15(4-5-18(17)22)19(27)26-11-7-20(23,8-12-26)14-24-10-6-16-3-1-2-9-25-16/h1-5,9,13,24H,6-8,10-12,14H2. The van der Waals surface area contributed by atoms with Gasteiger partial charge >= 0.3 is 0 Å². The molecule has 1 aliphatic rings. The molecule has 0 bridgehead atoms. The molecule has 1 fully saturated rings. The maximum atomic E-state index is 15.0. The van der Waals surface area contributed by atoms with Gasteiger partial charge in [0, 0.05) is 62.9 Å². The SMILES string of the molecule is O=C(c1ccc(F)c(Cl)c1)N1CCC(F)(CNCCc2ccccn2)CC1. The molecule has 0 atom stereocenters. The Balaban J connectivity index is 1.45. The van der Waals surface area contributed by atoms with Gasteiger partial charge in [0.05, 0.1) is 5.02 Å². The van der Waals surface area contributed by atoms with Crippen LogP contribution in [0.25, 0.3) is 0 Å². The number of benzene rings is 1. The molecule has 1 N–H and O–H groups in total. The number of carbonyl (C=O) groups is 1. The van der Waals surface area contributed by atoms with E-state index in [1.165, 1.54) is 18.2 Å². The van der Waals surface area contributed by atoms with Crippen molar-refractivity contribution in [2.24, 2.45) is 0 Å². The average Bonchev–Trinajstić information content (AvgIpc) is 2.68. The first-order valence-electron chi connectivity index (χ1n) is 9.01. The number of pyridine rings is 1. The van der Waals surface area contributed by atoms with E-state index in [-0.39, 0.29) is 30.3 Å². The first-order chi connectivity index (χ1) is 13.0. The molecule has 1 aromatic heterocycles. The van der Waals surface area contributed by atoms with E-state index in [0.29, 0.717) is 25.2 Å². The summed E-state index contributed by atoms with van der Waals surface area (Å²) in [6, 6.07) is 9.63. The van der Waals surface area contributed by atoms with Crippen LogP contribution in [0.3, 0.4) is 0 Å². The average molecular weight is 394 g/mol. The number of likely N-dealkylation sites (tertiary alicyclic amines) is 1. The summed E-state index contributed by atoms with van der Waals surface area (Å²) in [6.07, 6.45) is 3.02. The minimum atomic E-state index is -1.33. The molecule has 3 rings (SSSR count). The largest absolute Gasteiger partial charge is 0.338 e. The van der Waals surface area contributed by atoms with Crippen molar-refractivity contribution in [3.05, 3.63) is 64.7 Å². The zero-order valence-electron chi connectivity index (χ0n) is 14.9. The normalized spacial score (nSPS) is 16.3. The van der Waals surface area contributed by atoms with E-state index >= 15 is 0 Å². The van der Waals surface area contributed by atoms with Crippen LogP contribution >= 0.6 is 11.6 Å². The molecule has 4 nitrogen and oxygen atoms in total. The molecule has 0 aliphatic carbocycles. The maximum absolute atomic E-state index is 15.0. The van der Waals surface area contributed by atoms with Crippen molar-refractivity contribution in [3.63, 3.8) is 0 Å². The van der Waals surface area contributed by atoms with Gasteiger partial charge in [0.25, 0.3) is 5.91 Å². The van der Waals surface area contributed by atoms with Gasteiger partial charge in [-0.25, -0.2) is 8.78 Å². The number of rotatable bonds is 6. The van der Waals surface area contributed by atoms with Crippen molar-refractivity contribution in [2.75, 3.05) is 26.2 Å². The van der Waals surface area contributed by atoms with E-state index in [1.807, 2.05) is 18.2 Å². The Hall–Kier alpha value is -2.05. The number of hydrogen-bond donors (Lipinski definition) is 1. The Morgan fingerprint density at radius 3 is 2.70 bits per heavy atom. The molecule has 0 unspecified atom stereocenters. The van der Waals surface area contributed by atoms with Crippen LogP contribution in [-0.2, 0) is 6.42 Å². The van der Waals surface area contributed by atoms with E-state index < -0.39 is 11.5 Å². The summed E-state index contributed by atoms with van der Waals surface area (Å²) in [4.78, 5) is 18.3. The van der Waals surface area contributed by atoms with E-state index in [9.17, 15) is 13.6 Å². The van der Waals surface area contributed by atoms with Crippen LogP contribution in [0.15, 0.2) is 42.6 Å². The molecule has 27 heavy (non-hydrogen) atoms. The molecule has 144 valence electrons. The molecule has 1 saturated heterocycles. The topological polar surface area (TPSA) is 45.2 Å². The van der Waals surface area contributed by atoms with Gasteiger partial charge in [0.15, 0.2) is 0 Å². The van der Waals surface area contributed by atoms with Crippen LogP contribution in [0.5, 0.6) is 0 Å². The smallest absolute Gasteiger partial charge is 0.253 e. The fourth-order valence-corrected chi connectivity index (χ4v) is 3.35. The third kappa shape index (κ3) is 5.23. The highest BCUT2D eigenvalue weighted by atomic mass is 35.5. The summed E-state index contributed by atoms with van der Waals surface area (Å²) in [5, 5.41) is 3.07. The first kappa shape index (κ1) is 19.7. The Labute approximate surface area is 162 Å². The van der Waals surface area contributed by atoms with Crippen LogP contribution in [-0.4, -0.2) is 47.6 Å². The maximum Gasteiger partial charge on any atom is 0.253 e. The van der Waals surface area contributed by atoms with E-state index in [4.69, 9.17) is 11.6 Å². The number of carbonyl (C=O) groups excluding carboxylic acids is 1. The van der Waals surface area contributed by atoms with Gasteiger partial charge < -0.3 is 10.2 Å². The zero-order valence-corrected chi connectivity index (χ0v) is 15.7. The van der Waals surface area contributed by atoms with Crippen molar-refractivity contribution in [3.8, 4) is 0 Å². The number of alkyl halides is 1. The third-order valence-electron chi connectivity index (χ3n) is 4.84. The molecule has 0 saturated carbocycles. The number of aromatic nitrogens is 1. The number of hydrogen-bond acceptors (Lipinski definition) is 3. The lowest BCUT2D eigenvalue weighted by Crippen LogP contribution is -2.49. The summed E-state index contributed by atoms with van der Waals surface area (Å²) in [5.41, 5.74) is -0.0426. The molecular formula is C20H22ClF2N3O. The van der Waals surface area contributed by atoms with Gasteiger partial charge in [0.1, 0.15) is 11.5 Å². The van der Waals surface area contributed by atoms with Crippen molar-refractivity contribution in [2.45, 2.75) is 24.9 Å². The van der Waals surface area contributed by atoms with Crippen LogP contribution < -0.4 is 5.32 Å². The second kappa shape index (κ2) is 8.76. The zero-order chi connectivity index (χ0) is 19.3.